The molecule has 20 heavy (non-hydrogen) atoms. The number of anilines is 1. The maximum Gasteiger partial charge on any atom is 0.252 e. The predicted molar refractivity (Wildman–Crippen MR) is 77.9 cm³/mol. The molecule has 1 aromatic carbocycles. The van der Waals surface area contributed by atoms with E-state index >= 15 is 0 Å². The van der Waals surface area contributed by atoms with E-state index < -0.39 is 17.4 Å². The third-order valence-electron chi connectivity index (χ3n) is 3.37. The number of hydrogen-bond donors (Lipinski definition) is 1. The van der Waals surface area contributed by atoms with Crippen LogP contribution < -0.4 is 10.2 Å². The van der Waals surface area contributed by atoms with Gasteiger partial charge in [0.2, 0.25) is 5.91 Å². The summed E-state index contributed by atoms with van der Waals surface area (Å²) in [5.41, 5.74) is -0.600. The fraction of sp³-hybridized carbons (Fsp3) is 0.429. The summed E-state index contributed by atoms with van der Waals surface area (Å²) in [5, 5.41) is 2.70. The maximum absolute atomic E-state index is 13.7. The molecule has 1 unspecified atom stereocenters. The lowest BCUT2D eigenvalue weighted by molar-refractivity contribution is -0.137. The Morgan fingerprint density at radius 2 is 2.05 bits per heavy atom. The monoisotopic (exact) mass is 342 g/mol. The Hall–Kier alpha value is -1.43. The number of hydrogen-bond acceptors (Lipinski definition) is 2. The Morgan fingerprint density at radius 1 is 1.40 bits per heavy atom. The van der Waals surface area contributed by atoms with Crippen molar-refractivity contribution in [3.8, 4) is 0 Å². The normalized spacial score (nSPS) is 21.9. The van der Waals surface area contributed by atoms with Gasteiger partial charge in [-0.2, -0.15) is 0 Å². The van der Waals surface area contributed by atoms with Crippen molar-refractivity contribution in [1.29, 1.82) is 0 Å². The van der Waals surface area contributed by atoms with Crippen molar-refractivity contribution < 1.29 is 14.0 Å². The molecule has 0 radical (unpaired) electrons. The Morgan fingerprint density at radius 3 is 2.60 bits per heavy atom. The summed E-state index contributed by atoms with van der Waals surface area (Å²) in [7, 11) is 0. The average molecular weight is 343 g/mol. The molecule has 0 saturated carbocycles. The molecule has 1 aliphatic rings. The van der Waals surface area contributed by atoms with Crippen molar-refractivity contribution >= 4 is 33.4 Å². The zero-order chi connectivity index (χ0) is 15.1. The van der Waals surface area contributed by atoms with Crippen molar-refractivity contribution in [3.63, 3.8) is 0 Å². The number of carbonyl (C=O) groups excluding carboxylic acids is 2. The first kappa shape index (κ1) is 15.0. The lowest BCUT2D eigenvalue weighted by Gasteiger charge is -2.42. The van der Waals surface area contributed by atoms with E-state index in [1.54, 1.807) is 19.9 Å². The minimum atomic E-state index is -0.994. The van der Waals surface area contributed by atoms with E-state index in [0.29, 0.717) is 16.6 Å². The van der Waals surface area contributed by atoms with E-state index in [9.17, 15) is 14.0 Å². The van der Waals surface area contributed by atoms with Crippen LogP contribution in [0.5, 0.6) is 0 Å². The van der Waals surface area contributed by atoms with Gasteiger partial charge >= 0.3 is 0 Å². The molecule has 1 fully saturated rings. The van der Waals surface area contributed by atoms with Crippen LogP contribution >= 0.6 is 15.9 Å². The summed E-state index contributed by atoms with van der Waals surface area (Å²) >= 11 is 3.08. The molecule has 1 atom stereocenters. The van der Waals surface area contributed by atoms with Gasteiger partial charge in [-0.3, -0.25) is 14.5 Å². The van der Waals surface area contributed by atoms with E-state index in [4.69, 9.17) is 0 Å². The van der Waals surface area contributed by atoms with E-state index in [2.05, 4.69) is 21.2 Å². The van der Waals surface area contributed by atoms with Gasteiger partial charge in [-0.05, 0) is 54.4 Å². The van der Waals surface area contributed by atoms with Crippen LogP contribution in [-0.4, -0.2) is 23.4 Å². The van der Waals surface area contributed by atoms with Gasteiger partial charge in [-0.1, -0.05) is 6.92 Å². The number of amides is 2. The first-order valence-electron chi connectivity index (χ1n) is 6.38. The zero-order valence-corrected chi connectivity index (χ0v) is 13.1. The van der Waals surface area contributed by atoms with Crippen LogP contribution in [0.2, 0.25) is 0 Å². The number of benzene rings is 1. The number of piperazine rings is 1. The molecule has 108 valence electrons. The highest BCUT2D eigenvalue weighted by Crippen LogP contribution is 2.29. The van der Waals surface area contributed by atoms with Crippen molar-refractivity contribution in [3.05, 3.63) is 28.5 Å². The van der Waals surface area contributed by atoms with Crippen molar-refractivity contribution in [2.45, 2.75) is 38.8 Å². The highest BCUT2D eigenvalue weighted by molar-refractivity contribution is 9.10. The average Bonchev–Trinajstić information content (AvgIpc) is 2.36. The number of rotatable bonds is 2. The van der Waals surface area contributed by atoms with Crippen molar-refractivity contribution in [1.82, 2.24) is 5.32 Å². The largest absolute Gasteiger partial charge is 0.340 e. The quantitative estimate of drug-likeness (QED) is 0.898. The summed E-state index contributed by atoms with van der Waals surface area (Å²) in [6.45, 7) is 5.10. The number of nitrogens with zero attached hydrogens (tertiary/aromatic N) is 1. The van der Waals surface area contributed by atoms with Crippen molar-refractivity contribution in [2.24, 2.45) is 0 Å². The molecule has 2 rings (SSSR count). The van der Waals surface area contributed by atoms with E-state index in [-0.39, 0.29) is 11.8 Å². The first-order chi connectivity index (χ1) is 9.27. The van der Waals surface area contributed by atoms with E-state index in [1.807, 2.05) is 6.92 Å². The Labute approximate surface area is 125 Å². The molecule has 2 amide bonds. The smallest absolute Gasteiger partial charge is 0.252 e. The van der Waals surface area contributed by atoms with Gasteiger partial charge in [0, 0.05) is 5.69 Å². The van der Waals surface area contributed by atoms with Gasteiger partial charge in [-0.15, -0.1) is 0 Å². The van der Waals surface area contributed by atoms with Gasteiger partial charge in [0.05, 0.1) is 4.47 Å². The molecule has 0 bridgehead atoms. The third-order valence-corrected chi connectivity index (χ3v) is 4.01. The molecule has 6 heteroatoms. The minimum Gasteiger partial charge on any atom is -0.340 e. The molecule has 1 aromatic rings. The Balaban J connectivity index is 2.51. The van der Waals surface area contributed by atoms with E-state index in [1.165, 1.54) is 17.0 Å². The molecule has 1 aliphatic heterocycles. The third kappa shape index (κ3) is 2.44. The molecule has 0 spiro atoms. The van der Waals surface area contributed by atoms with E-state index in [0.717, 1.165) is 0 Å². The molecular formula is C14H16BrFN2O2. The second kappa shape index (κ2) is 5.16. The predicted octanol–water partition coefficient (Wildman–Crippen LogP) is 2.61. The van der Waals surface area contributed by atoms with Gasteiger partial charge in [0.1, 0.15) is 17.4 Å². The zero-order valence-electron chi connectivity index (χ0n) is 11.5. The van der Waals surface area contributed by atoms with Crippen LogP contribution in [-0.2, 0) is 9.59 Å². The lowest BCUT2D eigenvalue weighted by Crippen LogP contribution is -2.68. The first-order valence-corrected chi connectivity index (χ1v) is 7.18. The van der Waals surface area contributed by atoms with Gasteiger partial charge in [0.15, 0.2) is 0 Å². The summed E-state index contributed by atoms with van der Waals surface area (Å²) in [6, 6.07) is 3.81. The molecule has 0 aliphatic carbocycles. The standard InChI is InChI=1S/C14H16BrFN2O2/c1-4-11-12(19)17-14(2,3)13(20)18(11)8-5-6-9(15)10(16)7-8/h5-7,11H,4H2,1-3H3,(H,17,19). The van der Waals surface area contributed by atoms with Crippen LogP contribution in [0.4, 0.5) is 10.1 Å². The Bertz CT molecular complexity index is 574. The van der Waals surface area contributed by atoms with Gasteiger partial charge < -0.3 is 5.32 Å². The molecule has 4 nitrogen and oxygen atoms in total. The topological polar surface area (TPSA) is 49.4 Å². The molecule has 1 heterocycles. The fourth-order valence-electron chi connectivity index (χ4n) is 2.30. The number of nitrogens with one attached hydrogen (secondary N) is 1. The van der Waals surface area contributed by atoms with Crippen LogP contribution in [0.25, 0.3) is 0 Å². The SMILES string of the molecule is CCC1C(=O)NC(C)(C)C(=O)N1c1ccc(Br)c(F)c1. The van der Waals surface area contributed by atoms with Gasteiger partial charge in [0.25, 0.3) is 5.91 Å². The van der Waals surface area contributed by atoms with Crippen LogP contribution in [0.3, 0.4) is 0 Å². The van der Waals surface area contributed by atoms with Crippen LogP contribution in [0.1, 0.15) is 27.2 Å². The molecule has 1 N–H and O–H groups in total. The molecular weight excluding hydrogens is 327 g/mol. The summed E-state index contributed by atoms with van der Waals surface area (Å²) in [6.07, 6.45) is 0.464. The maximum atomic E-state index is 13.7. The second-order valence-electron chi connectivity index (χ2n) is 5.31. The fourth-order valence-corrected chi connectivity index (χ4v) is 2.55. The summed E-state index contributed by atoms with van der Waals surface area (Å²) in [4.78, 5) is 26.0. The number of halogens is 2. The molecule has 1 saturated heterocycles. The minimum absolute atomic E-state index is 0.222. The van der Waals surface area contributed by atoms with Crippen molar-refractivity contribution in [2.75, 3.05) is 4.90 Å². The molecule has 0 aromatic heterocycles. The lowest BCUT2D eigenvalue weighted by atomic mass is 9.95. The van der Waals surface area contributed by atoms with Gasteiger partial charge in [-0.25, -0.2) is 4.39 Å². The Kier molecular flexibility index (Phi) is 3.86. The van der Waals surface area contributed by atoms with Crippen LogP contribution in [0, 0.1) is 5.82 Å². The van der Waals surface area contributed by atoms with Crippen LogP contribution in [0.15, 0.2) is 22.7 Å². The number of carbonyl (C=O) groups is 2. The highest BCUT2D eigenvalue weighted by Gasteiger charge is 2.45. The summed E-state index contributed by atoms with van der Waals surface area (Å²) in [5.74, 6) is -0.931. The summed E-state index contributed by atoms with van der Waals surface area (Å²) < 4.78 is 14.0. The highest BCUT2D eigenvalue weighted by atomic mass is 79.9. The second-order valence-corrected chi connectivity index (χ2v) is 6.17.